The maximum Gasteiger partial charge on any atom is 0.222 e. The second-order valence-corrected chi connectivity index (χ2v) is 6.17. The van der Waals surface area contributed by atoms with Gasteiger partial charge in [-0.05, 0) is 30.9 Å². The van der Waals surface area contributed by atoms with Crippen molar-refractivity contribution < 1.29 is 9.18 Å². The molecule has 23 heavy (non-hydrogen) atoms. The van der Waals surface area contributed by atoms with Crippen molar-refractivity contribution >= 4 is 5.91 Å². The Hall–Kier alpha value is -2.17. The van der Waals surface area contributed by atoms with Gasteiger partial charge in [-0.15, -0.1) is 0 Å². The summed E-state index contributed by atoms with van der Waals surface area (Å²) < 4.78 is 15.7. The summed E-state index contributed by atoms with van der Waals surface area (Å²) in [5.74, 6) is 1.20. The number of carbonyl (C=O) groups excluding carboxylic acids is 1. The molecule has 0 aliphatic carbocycles. The van der Waals surface area contributed by atoms with E-state index in [4.69, 9.17) is 0 Å². The molecule has 2 heterocycles. The summed E-state index contributed by atoms with van der Waals surface area (Å²) in [4.78, 5) is 18.8. The summed E-state index contributed by atoms with van der Waals surface area (Å²) >= 11 is 0. The van der Waals surface area contributed by atoms with Gasteiger partial charge in [0.2, 0.25) is 5.91 Å². The predicted octanol–water partition coefficient (Wildman–Crippen LogP) is 2.90. The van der Waals surface area contributed by atoms with Gasteiger partial charge in [-0.1, -0.05) is 18.2 Å². The molecule has 5 heteroatoms. The first-order valence-electron chi connectivity index (χ1n) is 8.13. The minimum Gasteiger partial charge on any atom is -0.342 e. The fourth-order valence-corrected chi connectivity index (χ4v) is 3.29. The SMILES string of the molecule is Cn1ccnc1C1CCCN(C(=O)CCc2ccccc2F)C1. The van der Waals surface area contributed by atoms with Crippen molar-refractivity contribution in [3.05, 3.63) is 53.9 Å². The second-order valence-electron chi connectivity index (χ2n) is 6.17. The largest absolute Gasteiger partial charge is 0.342 e. The summed E-state index contributed by atoms with van der Waals surface area (Å²) in [5.41, 5.74) is 0.610. The first-order valence-corrected chi connectivity index (χ1v) is 8.13. The number of amides is 1. The highest BCUT2D eigenvalue weighted by molar-refractivity contribution is 5.76. The van der Waals surface area contributed by atoms with Crippen molar-refractivity contribution in [2.24, 2.45) is 7.05 Å². The number of nitrogens with zero attached hydrogens (tertiary/aromatic N) is 3. The second kappa shape index (κ2) is 6.94. The van der Waals surface area contributed by atoms with Crippen LogP contribution in [0, 0.1) is 5.82 Å². The van der Waals surface area contributed by atoms with Crippen molar-refractivity contribution in [1.82, 2.24) is 14.5 Å². The van der Waals surface area contributed by atoms with E-state index in [1.165, 1.54) is 6.07 Å². The van der Waals surface area contributed by atoms with Crippen molar-refractivity contribution in [3.8, 4) is 0 Å². The third-order valence-corrected chi connectivity index (χ3v) is 4.56. The number of benzene rings is 1. The Morgan fingerprint density at radius 2 is 2.22 bits per heavy atom. The Bertz CT molecular complexity index is 682. The van der Waals surface area contributed by atoms with E-state index >= 15 is 0 Å². The van der Waals surface area contributed by atoms with Crippen LogP contribution >= 0.6 is 0 Å². The molecule has 0 N–H and O–H groups in total. The highest BCUT2D eigenvalue weighted by Crippen LogP contribution is 2.26. The maximum atomic E-state index is 13.6. The number of aryl methyl sites for hydroxylation is 2. The molecule has 0 spiro atoms. The van der Waals surface area contributed by atoms with Crippen LogP contribution in [0.25, 0.3) is 0 Å². The standard InChI is InChI=1S/C18H22FN3O/c1-21-12-10-20-18(21)15-6-4-11-22(13-15)17(23)9-8-14-5-2-3-7-16(14)19/h2-3,5,7,10,12,15H,4,6,8-9,11,13H2,1H3. The Labute approximate surface area is 135 Å². The van der Waals surface area contributed by atoms with Crippen molar-refractivity contribution in [3.63, 3.8) is 0 Å². The zero-order valence-corrected chi connectivity index (χ0v) is 13.4. The average Bonchev–Trinajstić information content (AvgIpc) is 3.00. The lowest BCUT2D eigenvalue weighted by Crippen LogP contribution is -2.39. The number of halogens is 1. The Balaban J connectivity index is 1.59. The zero-order valence-electron chi connectivity index (χ0n) is 13.4. The molecule has 3 rings (SSSR count). The van der Waals surface area contributed by atoms with Gasteiger partial charge in [-0.2, -0.15) is 0 Å². The number of rotatable bonds is 4. The van der Waals surface area contributed by atoms with Crippen molar-refractivity contribution in [1.29, 1.82) is 0 Å². The van der Waals surface area contributed by atoms with Crippen LogP contribution < -0.4 is 0 Å². The Morgan fingerprint density at radius 1 is 1.39 bits per heavy atom. The van der Waals surface area contributed by atoms with Gasteiger partial charge in [0.05, 0.1) is 0 Å². The molecular formula is C18H22FN3O. The van der Waals surface area contributed by atoms with E-state index in [-0.39, 0.29) is 11.7 Å². The van der Waals surface area contributed by atoms with E-state index in [2.05, 4.69) is 4.98 Å². The number of piperidine rings is 1. The molecule has 1 saturated heterocycles. The maximum absolute atomic E-state index is 13.6. The summed E-state index contributed by atoms with van der Waals surface area (Å²) in [6, 6.07) is 6.66. The fraction of sp³-hybridized carbons (Fsp3) is 0.444. The first kappa shape index (κ1) is 15.7. The lowest BCUT2D eigenvalue weighted by molar-refractivity contribution is -0.132. The van der Waals surface area contributed by atoms with E-state index in [1.54, 1.807) is 24.4 Å². The highest BCUT2D eigenvalue weighted by atomic mass is 19.1. The average molecular weight is 315 g/mol. The Kier molecular flexibility index (Phi) is 4.74. The van der Waals surface area contributed by atoms with Gasteiger partial charge in [0.1, 0.15) is 11.6 Å². The summed E-state index contributed by atoms with van der Waals surface area (Å²) in [7, 11) is 1.99. The van der Waals surface area contributed by atoms with E-state index in [1.807, 2.05) is 22.7 Å². The number of hydrogen-bond acceptors (Lipinski definition) is 2. The van der Waals surface area contributed by atoms with Crippen LogP contribution in [-0.4, -0.2) is 33.4 Å². The molecule has 1 amide bonds. The summed E-state index contributed by atoms with van der Waals surface area (Å²) in [6.45, 7) is 1.50. The third kappa shape index (κ3) is 3.60. The van der Waals surface area contributed by atoms with Crippen LogP contribution in [-0.2, 0) is 18.3 Å². The van der Waals surface area contributed by atoms with Gasteiger partial charge < -0.3 is 9.47 Å². The normalized spacial score (nSPS) is 18.2. The van der Waals surface area contributed by atoms with Crippen LogP contribution in [0.4, 0.5) is 4.39 Å². The molecule has 1 aromatic carbocycles. The van der Waals surface area contributed by atoms with Crippen LogP contribution in [0.2, 0.25) is 0 Å². The minimum absolute atomic E-state index is 0.104. The number of carbonyl (C=O) groups is 1. The molecule has 0 saturated carbocycles. The van der Waals surface area contributed by atoms with E-state index in [0.29, 0.717) is 30.9 Å². The first-order chi connectivity index (χ1) is 11.1. The predicted molar refractivity (Wildman–Crippen MR) is 86.5 cm³/mol. The number of imidazole rings is 1. The smallest absolute Gasteiger partial charge is 0.222 e. The molecule has 1 aromatic heterocycles. The molecule has 1 aliphatic rings. The molecule has 1 unspecified atom stereocenters. The lowest BCUT2D eigenvalue weighted by atomic mass is 9.96. The highest BCUT2D eigenvalue weighted by Gasteiger charge is 2.26. The van der Waals surface area contributed by atoms with Gasteiger partial charge in [0.25, 0.3) is 0 Å². The molecule has 1 aliphatic heterocycles. The Morgan fingerprint density at radius 3 is 2.96 bits per heavy atom. The number of aromatic nitrogens is 2. The fourth-order valence-electron chi connectivity index (χ4n) is 3.29. The lowest BCUT2D eigenvalue weighted by Gasteiger charge is -2.32. The van der Waals surface area contributed by atoms with Gasteiger partial charge in [-0.3, -0.25) is 4.79 Å². The van der Waals surface area contributed by atoms with Crippen LogP contribution in [0.15, 0.2) is 36.7 Å². The number of hydrogen-bond donors (Lipinski definition) is 0. The van der Waals surface area contributed by atoms with Crippen LogP contribution in [0.1, 0.15) is 36.6 Å². The van der Waals surface area contributed by atoms with E-state index < -0.39 is 0 Å². The number of likely N-dealkylation sites (tertiary alicyclic amines) is 1. The van der Waals surface area contributed by atoms with Gasteiger partial charge >= 0.3 is 0 Å². The van der Waals surface area contributed by atoms with Crippen LogP contribution in [0.5, 0.6) is 0 Å². The van der Waals surface area contributed by atoms with E-state index in [0.717, 1.165) is 25.2 Å². The molecule has 1 atom stereocenters. The van der Waals surface area contributed by atoms with Crippen LogP contribution in [0.3, 0.4) is 0 Å². The minimum atomic E-state index is -0.232. The van der Waals surface area contributed by atoms with Gasteiger partial charge in [0, 0.05) is 44.9 Å². The summed E-state index contributed by atoms with van der Waals surface area (Å²) in [6.07, 6.45) is 6.59. The van der Waals surface area contributed by atoms with E-state index in [9.17, 15) is 9.18 Å². The topological polar surface area (TPSA) is 38.1 Å². The quantitative estimate of drug-likeness (QED) is 0.870. The van der Waals surface area contributed by atoms with Gasteiger partial charge in [-0.25, -0.2) is 9.37 Å². The molecule has 1 fully saturated rings. The monoisotopic (exact) mass is 315 g/mol. The summed E-state index contributed by atoms with van der Waals surface area (Å²) in [5, 5.41) is 0. The molecule has 2 aromatic rings. The molecular weight excluding hydrogens is 293 g/mol. The van der Waals surface area contributed by atoms with Gasteiger partial charge in [0.15, 0.2) is 0 Å². The molecule has 122 valence electrons. The molecule has 0 bridgehead atoms. The van der Waals surface area contributed by atoms with Crippen molar-refractivity contribution in [2.45, 2.75) is 31.6 Å². The van der Waals surface area contributed by atoms with Crippen molar-refractivity contribution in [2.75, 3.05) is 13.1 Å². The zero-order chi connectivity index (χ0) is 16.2. The molecule has 0 radical (unpaired) electrons. The molecule has 4 nitrogen and oxygen atoms in total. The third-order valence-electron chi connectivity index (χ3n) is 4.56.